The summed E-state index contributed by atoms with van der Waals surface area (Å²) in [4.78, 5) is 11.1. The Morgan fingerprint density at radius 2 is 1.92 bits per heavy atom. The van der Waals surface area contributed by atoms with Crippen LogP contribution in [0.4, 0.5) is 0 Å². The fraction of sp³-hybridized carbons (Fsp3) is 0.900. The number of rotatable bonds is 7. The zero-order valence-corrected chi connectivity index (χ0v) is 8.31. The topological polar surface area (TPSA) is 43.1 Å². The maximum Gasteiger partial charge on any atom is 0.149 e. The predicted octanol–water partition coefficient (Wildman–Crippen LogP) is 2.26. The minimum Gasteiger partial charge on any atom is -0.322 e. The van der Waals surface area contributed by atoms with Crippen LogP contribution in [-0.4, -0.2) is 11.8 Å². The third-order valence-corrected chi connectivity index (χ3v) is 2.13. The zero-order valence-electron chi connectivity index (χ0n) is 8.31. The van der Waals surface area contributed by atoms with Crippen LogP contribution < -0.4 is 5.73 Å². The molecule has 0 radical (unpaired) electrons. The van der Waals surface area contributed by atoms with E-state index in [9.17, 15) is 4.79 Å². The molecule has 0 aliphatic carbocycles. The van der Waals surface area contributed by atoms with Crippen molar-refractivity contribution in [3.8, 4) is 0 Å². The molecule has 1 atom stereocenters. The zero-order chi connectivity index (χ0) is 9.40. The highest BCUT2D eigenvalue weighted by atomic mass is 16.1. The van der Waals surface area contributed by atoms with Gasteiger partial charge in [0.05, 0.1) is 6.04 Å². The molecule has 2 heteroatoms. The molecule has 0 fully saturated rings. The van der Waals surface area contributed by atoms with Gasteiger partial charge in [-0.1, -0.05) is 39.5 Å². The van der Waals surface area contributed by atoms with E-state index in [4.69, 9.17) is 5.73 Å². The van der Waals surface area contributed by atoms with E-state index >= 15 is 0 Å². The van der Waals surface area contributed by atoms with Crippen LogP contribution in [0.15, 0.2) is 0 Å². The number of hydrogen-bond donors (Lipinski definition) is 1. The Labute approximate surface area is 75.5 Å². The van der Waals surface area contributed by atoms with E-state index in [1.54, 1.807) is 0 Å². The molecule has 0 saturated carbocycles. The largest absolute Gasteiger partial charge is 0.322 e. The van der Waals surface area contributed by atoms with Crippen LogP contribution in [0.25, 0.3) is 0 Å². The van der Waals surface area contributed by atoms with Gasteiger partial charge in [-0.25, -0.2) is 0 Å². The minimum atomic E-state index is -0.202. The maximum atomic E-state index is 11.1. The first kappa shape index (κ1) is 11.6. The van der Waals surface area contributed by atoms with E-state index in [2.05, 4.69) is 6.92 Å². The highest BCUT2D eigenvalue weighted by Crippen LogP contribution is 2.05. The SMILES string of the molecule is CCCCCCC(N)C(=O)CC. The molecule has 0 rings (SSSR count). The Balaban J connectivity index is 3.31. The van der Waals surface area contributed by atoms with Crippen LogP contribution in [0.1, 0.15) is 52.4 Å². The van der Waals surface area contributed by atoms with Crippen LogP contribution in [0, 0.1) is 0 Å². The minimum absolute atomic E-state index is 0.200. The molecule has 0 spiro atoms. The van der Waals surface area contributed by atoms with Gasteiger partial charge in [0.2, 0.25) is 0 Å². The van der Waals surface area contributed by atoms with Gasteiger partial charge in [0.1, 0.15) is 5.78 Å². The van der Waals surface area contributed by atoms with E-state index in [1.165, 1.54) is 19.3 Å². The molecular weight excluding hydrogens is 150 g/mol. The van der Waals surface area contributed by atoms with Crippen molar-refractivity contribution in [3.63, 3.8) is 0 Å². The average molecular weight is 171 g/mol. The van der Waals surface area contributed by atoms with Crippen molar-refractivity contribution in [2.24, 2.45) is 5.73 Å². The fourth-order valence-corrected chi connectivity index (χ4v) is 1.21. The quantitative estimate of drug-likeness (QED) is 0.597. The van der Waals surface area contributed by atoms with Gasteiger partial charge in [0.25, 0.3) is 0 Å². The summed E-state index contributed by atoms with van der Waals surface area (Å²) >= 11 is 0. The van der Waals surface area contributed by atoms with E-state index in [1.807, 2.05) is 6.92 Å². The second-order valence-electron chi connectivity index (χ2n) is 3.28. The molecule has 2 nitrogen and oxygen atoms in total. The molecule has 0 aliphatic heterocycles. The van der Waals surface area contributed by atoms with Crippen molar-refractivity contribution >= 4 is 5.78 Å². The third-order valence-electron chi connectivity index (χ3n) is 2.13. The van der Waals surface area contributed by atoms with Gasteiger partial charge in [-0.05, 0) is 6.42 Å². The van der Waals surface area contributed by atoms with Crippen molar-refractivity contribution in [1.29, 1.82) is 0 Å². The molecule has 0 amide bonds. The van der Waals surface area contributed by atoms with Gasteiger partial charge in [0, 0.05) is 6.42 Å². The number of carbonyl (C=O) groups is 1. The molecule has 0 aromatic rings. The van der Waals surface area contributed by atoms with E-state index in [0.29, 0.717) is 6.42 Å². The molecule has 72 valence electrons. The highest BCUT2D eigenvalue weighted by molar-refractivity contribution is 5.83. The summed E-state index contributed by atoms with van der Waals surface area (Å²) in [5.41, 5.74) is 5.66. The van der Waals surface area contributed by atoms with Gasteiger partial charge in [-0.3, -0.25) is 4.79 Å². The molecule has 0 aromatic heterocycles. The van der Waals surface area contributed by atoms with Gasteiger partial charge in [-0.2, -0.15) is 0 Å². The molecule has 1 unspecified atom stereocenters. The van der Waals surface area contributed by atoms with Crippen molar-refractivity contribution in [3.05, 3.63) is 0 Å². The van der Waals surface area contributed by atoms with E-state index < -0.39 is 0 Å². The summed E-state index contributed by atoms with van der Waals surface area (Å²) < 4.78 is 0. The molecule has 0 aliphatic rings. The number of Topliss-reactive ketones (excluding diaryl/α,β-unsaturated/α-hetero) is 1. The molecule has 0 bridgehead atoms. The number of nitrogens with two attached hydrogens (primary N) is 1. The molecule has 0 heterocycles. The smallest absolute Gasteiger partial charge is 0.149 e. The molecule has 0 saturated heterocycles. The number of ketones is 1. The Morgan fingerprint density at radius 1 is 1.25 bits per heavy atom. The Morgan fingerprint density at radius 3 is 2.42 bits per heavy atom. The Bertz CT molecular complexity index is 123. The van der Waals surface area contributed by atoms with Crippen LogP contribution in [0.3, 0.4) is 0 Å². The summed E-state index contributed by atoms with van der Waals surface area (Å²) in [6.07, 6.45) is 6.24. The first-order valence-electron chi connectivity index (χ1n) is 5.00. The lowest BCUT2D eigenvalue weighted by atomic mass is 10.0. The third kappa shape index (κ3) is 5.30. The normalized spacial score (nSPS) is 12.9. The highest BCUT2D eigenvalue weighted by Gasteiger charge is 2.09. The number of unbranched alkanes of at least 4 members (excludes halogenated alkanes) is 3. The molecule has 0 aromatic carbocycles. The average Bonchev–Trinajstić information content (AvgIpc) is 2.10. The lowest BCUT2D eigenvalue weighted by Gasteiger charge is -2.07. The molecule has 12 heavy (non-hydrogen) atoms. The first-order valence-corrected chi connectivity index (χ1v) is 5.00. The lowest BCUT2D eigenvalue weighted by molar-refractivity contribution is -0.120. The van der Waals surface area contributed by atoms with Gasteiger partial charge < -0.3 is 5.73 Å². The Hall–Kier alpha value is -0.370. The number of hydrogen-bond acceptors (Lipinski definition) is 2. The second kappa shape index (κ2) is 7.29. The maximum absolute atomic E-state index is 11.1. The van der Waals surface area contributed by atoms with Crippen LogP contribution >= 0.6 is 0 Å². The molecular formula is C10H21NO. The number of carbonyl (C=O) groups excluding carboxylic acids is 1. The lowest BCUT2D eigenvalue weighted by Crippen LogP contribution is -2.29. The Kier molecular flexibility index (Phi) is 7.06. The van der Waals surface area contributed by atoms with Crippen molar-refractivity contribution < 1.29 is 4.79 Å². The standard InChI is InChI=1S/C10H21NO/c1-3-5-6-7-8-9(11)10(12)4-2/h9H,3-8,11H2,1-2H3. The van der Waals surface area contributed by atoms with Crippen molar-refractivity contribution in [2.75, 3.05) is 0 Å². The monoisotopic (exact) mass is 171 g/mol. The van der Waals surface area contributed by atoms with Crippen molar-refractivity contribution in [1.82, 2.24) is 0 Å². The van der Waals surface area contributed by atoms with Gasteiger partial charge in [-0.15, -0.1) is 0 Å². The van der Waals surface area contributed by atoms with Crippen molar-refractivity contribution in [2.45, 2.75) is 58.4 Å². The predicted molar refractivity (Wildman–Crippen MR) is 52.0 cm³/mol. The first-order chi connectivity index (χ1) is 5.72. The van der Waals surface area contributed by atoms with Crippen LogP contribution in [0.2, 0.25) is 0 Å². The van der Waals surface area contributed by atoms with E-state index in [-0.39, 0.29) is 11.8 Å². The van der Waals surface area contributed by atoms with Gasteiger partial charge >= 0.3 is 0 Å². The summed E-state index contributed by atoms with van der Waals surface area (Å²) in [5, 5.41) is 0. The second-order valence-corrected chi connectivity index (χ2v) is 3.28. The summed E-state index contributed by atoms with van der Waals surface area (Å²) in [5.74, 6) is 0.200. The fourth-order valence-electron chi connectivity index (χ4n) is 1.21. The summed E-state index contributed by atoms with van der Waals surface area (Å²) in [6, 6.07) is -0.202. The summed E-state index contributed by atoms with van der Waals surface area (Å²) in [7, 11) is 0. The van der Waals surface area contributed by atoms with E-state index in [0.717, 1.165) is 12.8 Å². The summed E-state index contributed by atoms with van der Waals surface area (Å²) in [6.45, 7) is 4.05. The molecule has 2 N–H and O–H groups in total. The van der Waals surface area contributed by atoms with Gasteiger partial charge in [0.15, 0.2) is 0 Å². The van der Waals surface area contributed by atoms with Crippen LogP contribution in [0.5, 0.6) is 0 Å². The van der Waals surface area contributed by atoms with Crippen LogP contribution in [-0.2, 0) is 4.79 Å².